The Hall–Kier alpha value is -1.59. The highest BCUT2D eigenvalue weighted by Gasteiger charge is 2.17. The van der Waals surface area contributed by atoms with Crippen molar-refractivity contribution in [2.75, 3.05) is 4.72 Å². The van der Waals surface area contributed by atoms with Crippen LogP contribution >= 0.6 is 11.6 Å². The van der Waals surface area contributed by atoms with Gasteiger partial charge in [0.05, 0.1) is 11.4 Å². The number of para-hydroxylation sites is 1. The Bertz CT molecular complexity index is 711. The SMILES string of the molecule is Cc1ccccc1NS(=O)(=O)Cc1c(F)cccc1Cl. The topological polar surface area (TPSA) is 46.2 Å². The normalized spacial score (nSPS) is 11.3. The lowest BCUT2D eigenvalue weighted by Gasteiger charge is -2.11. The standard InChI is InChI=1S/C14H13ClFNO2S/c1-10-5-2-3-8-14(10)17-20(18,19)9-11-12(15)6-4-7-13(11)16/h2-8,17H,9H2,1H3. The summed E-state index contributed by atoms with van der Waals surface area (Å²) in [4.78, 5) is 0. The van der Waals surface area contributed by atoms with Crippen LogP contribution in [0.5, 0.6) is 0 Å². The molecule has 0 radical (unpaired) electrons. The summed E-state index contributed by atoms with van der Waals surface area (Å²) < 4.78 is 40.2. The first-order valence-corrected chi connectivity index (χ1v) is 7.91. The molecule has 6 heteroatoms. The smallest absolute Gasteiger partial charge is 0.237 e. The van der Waals surface area contributed by atoms with E-state index in [4.69, 9.17) is 11.6 Å². The van der Waals surface area contributed by atoms with Gasteiger partial charge in [0, 0.05) is 10.6 Å². The molecule has 0 spiro atoms. The highest BCUT2D eigenvalue weighted by atomic mass is 35.5. The molecule has 0 bridgehead atoms. The van der Waals surface area contributed by atoms with Gasteiger partial charge in [-0.25, -0.2) is 12.8 Å². The van der Waals surface area contributed by atoms with Crippen molar-refractivity contribution in [2.24, 2.45) is 0 Å². The molecule has 3 nitrogen and oxygen atoms in total. The van der Waals surface area contributed by atoms with Crippen LogP contribution in [0.25, 0.3) is 0 Å². The summed E-state index contributed by atoms with van der Waals surface area (Å²) in [7, 11) is -3.73. The van der Waals surface area contributed by atoms with Crippen molar-refractivity contribution in [1.82, 2.24) is 0 Å². The van der Waals surface area contributed by atoms with Crippen LogP contribution in [-0.4, -0.2) is 8.42 Å². The molecule has 20 heavy (non-hydrogen) atoms. The molecule has 0 atom stereocenters. The molecule has 0 aliphatic heterocycles. The minimum absolute atomic E-state index is 0.0322. The van der Waals surface area contributed by atoms with Gasteiger partial charge in [0.2, 0.25) is 10.0 Å². The Morgan fingerprint density at radius 1 is 1.15 bits per heavy atom. The van der Waals surface area contributed by atoms with E-state index in [2.05, 4.69) is 4.72 Å². The second-order valence-corrected chi connectivity index (χ2v) is 6.51. The molecule has 0 aliphatic carbocycles. The predicted molar refractivity (Wildman–Crippen MR) is 78.8 cm³/mol. The Balaban J connectivity index is 2.27. The van der Waals surface area contributed by atoms with E-state index < -0.39 is 21.6 Å². The molecule has 0 saturated heterocycles. The summed E-state index contributed by atoms with van der Waals surface area (Å²) in [6.07, 6.45) is 0. The van der Waals surface area contributed by atoms with Crippen LogP contribution in [0.3, 0.4) is 0 Å². The van der Waals surface area contributed by atoms with Gasteiger partial charge < -0.3 is 0 Å². The van der Waals surface area contributed by atoms with E-state index >= 15 is 0 Å². The maximum absolute atomic E-state index is 13.6. The highest BCUT2D eigenvalue weighted by Crippen LogP contribution is 2.23. The van der Waals surface area contributed by atoms with Crippen molar-refractivity contribution in [3.05, 3.63) is 64.4 Å². The van der Waals surface area contributed by atoms with Gasteiger partial charge in [-0.15, -0.1) is 0 Å². The van der Waals surface area contributed by atoms with Crippen LogP contribution in [0.2, 0.25) is 5.02 Å². The Morgan fingerprint density at radius 3 is 2.50 bits per heavy atom. The molecule has 0 heterocycles. The van der Waals surface area contributed by atoms with Crippen molar-refractivity contribution in [1.29, 1.82) is 0 Å². The molecule has 2 aromatic carbocycles. The lowest BCUT2D eigenvalue weighted by molar-refractivity contribution is 0.591. The van der Waals surface area contributed by atoms with E-state index in [1.807, 2.05) is 0 Å². The fraction of sp³-hybridized carbons (Fsp3) is 0.143. The number of aryl methyl sites for hydroxylation is 1. The molecular weight excluding hydrogens is 301 g/mol. The third-order valence-corrected chi connectivity index (χ3v) is 4.36. The molecule has 0 aliphatic rings. The second kappa shape index (κ2) is 5.81. The summed E-state index contributed by atoms with van der Waals surface area (Å²) >= 11 is 5.84. The summed E-state index contributed by atoms with van der Waals surface area (Å²) in [5.41, 5.74) is 1.23. The minimum Gasteiger partial charge on any atom is -0.283 e. The average molecular weight is 314 g/mol. The number of anilines is 1. The van der Waals surface area contributed by atoms with Crippen molar-refractivity contribution < 1.29 is 12.8 Å². The van der Waals surface area contributed by atoms with Crippen LogP contribution in [0.15, 0.2) is 42.5 Å². The third kappa shape index (κ3) is 3.49. The number of hydrogen-bond donors (Lipinski definition) is 1. The molecular formula is C14H13ClFNO2S. The van der Waals surface area contributed by atoms with Gasteiger partial charge in [-0.2, -0.15) is 0 Å². The lowest BCUT2D eigenvalue weighted by atomic mass is 10.2. The van der Waals surface area contributed by atoms with Crippen LogP contribution in [0.4, 0.5) is 10.1 Å². The molecule has 0 aromatic heterocycles. The molecule has 0 amide bonds. The summed E-state index contributed by atoms with van der Waals surface area (Å²) in [6.45, 7) is 1.79. The number of sulfonamides is 1. The van der Waals surface area contributed by atoms with Crippen molar-refractivity contribution >= 4 is 27.3 Å². The van der Waals surface area contributed by atoms with Gasteiger partial charge >= 0.3 is 0 Å². The molecule has 0 unspecified atom stereocenters. The van der Waals surface area contributed by atoms with Gasteiger partial charge in [-0.1, -0.05) is 35.9 Å². The molecule has 2 rings (SSSR count). The van der Waals surface area contributed by atoms with Crippen LogP contribution in [0.1, 0.15) is 11.1 Å². The number of rotatable bonds is 4. The van der Waals surface area contributed by atoms with Gasteiger partial charge in [0.15, 0.2) is 0 Å². The average Bonchev–Trinajstić information content (AvgIpc) is 2.37. The number of hydrogen-bond acceptors (Lipinski definition) is 2. The summed E-state index contributed by atoms with van der Waals surface area (Å²) in [5, 5.41) is 0.0974. The Labute approximate surface area is 122 Å². The number of halogens is 2. The van der Waals surface area contributed by atoms with Crippen molar-refractivity contribution in [3.8, 4) is 0 Å². The first-order valence-electron chi connectivity index (χ1n) is 5.88. The number of benzene rings is 2. The van der Waals surface area contributed by atoms with Crippen LogP contribution in [0, 0.1) is 12.7 Å². The minimum atomic E-state index is -3.73. The van der Waals surface area contributed by atoms with E-state index in [-0.39, 0.29) is 10.6 Å². The second-order valence-electron chi connectivity index (χ2n) is 4.38. The van der Waals surface area contributed by atoms with Gasteiger partial charge in [-0.05, 0) is 30.7 Å². The van der Waals surface area contributed by atoms with Crippen molar-refractivity contribution in [3.63, 3.8) is 0 Å². The van der Waals surface area contributed by atoms with E-state index in [9.17, 15) is 12.8 Å². The highest BCUT2D eigenvalue weighted by molar-refractivity contribution is 7.91. The van der Waals surface area contributed by atoms with E-state index in [0.29, 0.717) is 5.69 Å². The van der Waals surface area contributed by atoms with Gasteiger partial charge in [0.1, 0.15) is 5.82 Å². The summed E-state index contributed by atoms with van der Waals surface area (Å²) in [5.74, 6) is -1.14. The Kier molecular flexibility index (Phi) is 4.30. The molecule has 0 saturated carbocycles. The fourth-order valence-electron chi connectivity index (χ4n) is 1.75. The lowest BCUT2D eigenvalue weighted by Crippen LogP contribution is -2.16. The zero-order chi connectivity index (χ0) is 14.8. The van der Waals surface area contributed by atoms with E-state index in [1.165, 1.54) is 18.2 Å². The maximum atomic E-state index is 13.6. The molecule has 1 N–H and O–H groups in total. The molecule has 0 fully saturated rings. The quantitative estimate of drug-likeness (QED) is 0.935. The Morgan fingerprint density at radius 2 is 1.85 bits per heavy atom. The van der Waals surface area contributed by atoms with Crippen molar-refractivity contribution in [2.45, 2.75) is 12.7 Å². The number of nitrogens with one attached hydrogen (secondary N) is 1. The largest absolute Gasteiger partial charge is 0.283 e. The fourth-order valence-corrected chi connectivity index (χ4v) is 3.37. The van der Waals surface area contributed by atoms with Gasteiger partial charge in [-0.3, -0.25) is 4.72 Å². The maximum Gasteiger partial charge on any atom is 0.237 e. The predicted octanol–water partition coefficient (Wildman–Crippen LogP) is 3.73. The van der Waals surface area contributed by atoms with Gasteiger partial charge in [0.25, 0.3) is 0 Å². The first-order chi connectivity index (χ1) is 9.39. The molecule has 106 valence electrons. The zero-order valence-electron chi connectivity index (χ0n) is 10.7. The van der Waals surface area contributed by atoms with Crippen LogP contribution in [-0.2, 0) is 15.8 Å². The van der Waals surface area contributed by atoms with E-state index in [0.717, 1.165) is 5.56 Å². The monoisotopic (exact) mass is 313 g/mol. The third-order valence-electron chi connectivity index (χ3n) is 2.81. The zero-order valence-corrected chi connectivity index (χ0v) is 12.3. The molecule has 2 aromatic rings. The summed E-state index contributed by atoms with van der Waals surface area (Å²) in [6, 6.07) is 11.0. The van der Waals surface area contributed by atoms with Crippen LogP contribution < -0.4 is 4.72 Å². The first kappa shape index (κ1) is 14.8. The van der Waals surface area contributed by atoms with E-state index in [1.54, 1.807) is 31.2 Å².